The SMILES string of the molecule is Cc1cc(Br)cc2cn(C(C)C3CC3)nc12. The van der Waals surface area contributed by atoms with Crippen LogP contribution in [0.25, 0.3) is 10.9 Å². The Morgan fingerprint density at radius 2 is 2.19 bits per heavy atom. The summed E-state index contributed by atoms with van der Waals surface area (Å²) in [6.45, 7) is 4.39. The highest BCUT2D eigenvalue weighted by Gasteiger charge is 2.29. The molecule has 3 rings (SSSR count). The first-order valence-electron chi connectivity index (χ1n) is 5.80. The van der Waals surface area contributed by atoms with Crippen LogP contribution in [0.5, 0.6) is 0 Å². The fourth-order valence-electron chi connectivity index (χ4n) is 2.29. The van der Waals surface area contributed by atoms with Gasteiger partial charge in [0.1, 0.15) is 0 Å². The average Bonchev–Trinajstić information content (AvgIpc) is 2.97. The maximum absolute atomic E-state index is 4.71. The van der Waals surface area contributed by atoms with Gasteiger partial charge in [-0.05, 0) is 50.3 Å². The van der Waals surface area contributed by atoms with Gasteiger partial charge < -0.3 is 0 Å². The summed E-state index contributed by atoms with van der Waals surface area (Å²) in [5.74, 6) is 0.845. The van der Waals surface area contributed by atoms with Gasteiger partial charge in [0.05, 0.1) is 11.6 Å². The van der Waals surface area contributed by atoms with E-state index in [2.05, 4.69) is 52.8 Å². The number of nitrogens with zero attached hydrogens (tertiary/aromatic N) is 2. The average molecular weight is 279 g/mol. The fourth-order valence-corrected chi connectivity index (χ4v) is 2.88. The molecule has 0 radical (unpaired) electrons. The third kappa shape index (κ3) is 1.67. The van der Waals surface area contributed by atoms with E-state index in [9.17, 15) is 0 Å². The highest BCUT2D eigenvalue weighted by atomic mass is 79.9. The first-order valence-corrected chi connectivity index (χ1v) is 6.59. The molecule has 2 aromatic rings. The Bertz CT molecular complexity index is 540. The van der Waals surface area contributed by atoms with Crippen LogP contribution in [0.1, 0.15) is 31.4 Å². The maximum atomic E-state index is 4.71. The lowest BCUT2D eigenvalue weighted by Crippen LogP contribution is -2.07. The van der Waals surface area contributed by atoms with Crippen molar-refractivity contribution in [1.82, 2.24) is 9.78 Å². The summed E-state index contributed by atoms with van der Waals surface area (Å²) in [5, 5.41) is 5.95. The predicted octanol–water partition coefficient (Wildman–Crippen LogP) is 4.08. The topological polar surface area (TPSA) is 17.8 Å². The number of halogens is 1. The molecule has 1 atom stereocenters. The minimum absolute atomic E-state index is 0.547. The van der Waals surface area contributed by atoms with Gasteiger partial charge in [-0.3, -0.25) is 4.68 Å². The lowest BCUT2D eigenvalue weighted by atomic mass is 10.2. The van der Waals surface area contributed by atoms with E-state index in [0.717, 1.165) is 15.9 Å². The van der Waals surface area contributed by atoms with Gasteiger partial charge in [-0.15, -0.1) is 0 Å². The quantitative estimate of drug-likeness (QED) is 0.810. The van der Waals surface area contributed by atoms with Gasteiger partial charge in [-0.25, -0.2) is 0 Å². The number of aromatic nitrogens is 2. The smallest absolute Gasteiger partial charge is 0.0953 e. The van der Waals surface area contributed by atoms with Crippen LogP contribution in [0.3, 0.4) is 0 Å². The summed E-state index contributed by atoms with van der Waals surface area (Å²) in [6, 6.07) is 4.82. The van der Waals surface area contributed by atoms with Crippen LogP contribution in [-0.4, -0.2) is 9.78 Å². The molecular formula is C13H15BrN2. The van der Waals surface area contributed by atoms with E-state index in [4.69, 9.17) is 5.10 Å². The number of rotatable bonds is 2. The van der Waals surface area contributed by atoms with Crippen molar-refractivity contribution in [2.24, 2.45) is 5.92 Å². The van der Waals surface area contributed by atoms with E-state index >= 15 is 0 Å². The first kappa shape index (κ1) is 10.3. The van der Waals surface area contributed by atoms with E-state index in [1.54, 1.807) is 0 Å². The molecule has 1 aliphatic carbocycles. The summed E-state index contributed by atoms with van der Waals surface area (Å²) < 4.78 is 3.28. The van der Waals surface area contributed by atoms with Gasteiger partial charge in [0.15, 0.2) is 0 Å². The Kier molecular flexibility index (Phi) is 2.32. The zero-order valence-corrected chi connectivity index (χ0v) is 11.2. The van der Waals surface area contributed by atoms with Gasteiger partial charge in [0.2, 0.25) is 0 Å². The van der Waals surface area contributed by atoms with Crippen molar-refractivity contribution in [3.63, 3.8) is 0 Å². The van der Waals surface area contributed by atoms with E-state index in [1.807, 2.05) is 0 Å². The minimum Gasteiger partial charge on any atom is -0.268 e. The Hall–Kier alpha value is -0.830. The second-order valence-corrected chi connectivity index (χ2v) is 5.76. The lowest BCUT2D eigenvalue weighted by molar-refractivity contribution is 0.443. The molecule has 1 unspecified atom stereocenters. The summed E-state index contributed by atoms with van der Waals surface area (Å²) in [5.41, 5.74) is 2.38. The van der Waals surface area contributed by atoms with E-state index < -0.39 is 0 Å². The molecular weight excluding hydrogens is 264 g/mol. The summed E-state index contributed by atoms with van der Waals surface area (Å²) in [4.78, 5) is 0. The van der Waals surface area contributed by atoms with Crippen LogP contribution in [0.2, 0.25) is 0 Å². The third-order valence-electron chi connectivity index (χ3n) is 3.50. The van der Waals surface area contributed by atoms with Crippen molar-refractivity contribution < 1.29 is 0 Å². The van der Waals surface area contributed by atoms with Gasteiger partial charge >= 0.3 is 0 Å². The number of hydrogen-bond acceptors (Lipinski definition) is 1. The zero-order valence-electron chi connectivity index (χ0n) is 9.57. The minimum atomic E-state index is 0.547. The molecule has 0 amide bonds. The summed E-state index contributed by atoms with van der Waals surface area (Å²) >= 11 is 3.53. The molecule has 0 spiro atoms. The van der Waals surface area contributed by atoms with Crippen molar-refractivity contribution in [2.75, 3.05) is 0 Å². The molecule has 0 saturated heterocycles. The van der Waals surface area contributed by atoms with Crippen molar-refractivity contribution >= 4 is 26.8 Å². The van der Waals surface area contributed by atoms with Crippen LogP contribution in [0.15, 0.2) is 22.8 Å². The monoisotopic (exact) mass is 278 g/mol. The molecule has 1 aliphatic rings. The van der Waals surface area contributed by atoms with Gasteiger partial charge in [-0.1, -0.05) is 15.9 Å². The highest BCUT2D eigenvalue weighted by molar-refractivity contribution is 9.10. The highest BCUT2D eigenvalue weighted by Crippen LogP contribution is 2.39. The molecule has 2 nitrogen and oxygen atoms in total. The molecule has 16 heavy (non-hydrogen) atoms. The largest absolute Gasteiger partial charge is 0.268 e. The molecule has 1 aromatic carbocycles. The van der Waals surface area contributed by atoms with Crippen molar-refractivity contribution in [2.45, 2.75) is 32.7 Å². The third-order valence-corrected chi connectivity index (χ3v) is 3.96. The van der Waals surface area contributed by atoms with Crippen LogP contribution < -0.4 is 0 Å². The Labute approximate surface area is 104 Å². The molecule has 0 N–H and O–H groups in total. The molecule has 0 bridgehead atoms. The van der Waals surface area contributed by atoms with Crippen LogP contribution in [-0.2, 0) is 0 Å². The normalized spacial score (nSPS) is 17.9. The molecule has 3 heteroatoms. The number of hydrogen-bond donors (Lipinski definition) is 0. The van der Waals surface area contributed by atoms with Crippen LogP contribution in [0, 0.1) is 12.8 Å². The summed E-state index contributed by atoms with van der Waals surface area (Å²) in [7, 11) is 0. The van der Waals surface area contributed by atoms with Gasteiger partial charge in [0.25, 0.3) is 0 Å². The molecule has 1 fully saturated rings. The number of fused-ring (bicyclic) bond motifs is 1. The van der Waals surface area contributed by atoms with Gasteiger partial charge in [-0.2, -0.15) is 5.10 Å². The Morgan fingerprint density at radius 3 is 2.88 bits per heavy atom. The molecule has 1 aromatic heterocycles. The second kappa shape index (κ2) is 3.59. The molecule has 0 aliphatic heterocycles. The Morgan fingerprint density at radius 1 is 1.44 bits per heavy atom. The van der Waals surface area contributed by atoms with Crippen LogP contribution in [0.4, 0.5) is 0 Å². The molecule has 1 heterocycles. The Balaban J connectivity index is 2.11. The van der Waals surface area contributed by atoms with Gasteiger partial charge in [0, 0.05) is 16.1 Å². The van der Waals surface area contributed by atoms with Crippen LogP contribution >= 0.6 is 15.9 Å². The fraction of sp³-hybridized carbons (Fsp3) is 0.462. The van der Waals surface area contributed by atoms with Crippen molar-refractivity contribution in [3.8, 4) is 0 Å². The predicted molar refractivity (Wildman–Crippen MR) is 69.6 cm³/mol. The molecule has 84 valence electrons. The van der Waals surface area contributed by atoms with Crippen molar-refractivity contribution in [1.29, 1.82) is 0 Å². The number of benzene rings is 1. The van der Waals surface area contributed by atoms with Crippen molar-refractivity contribution in [3.05, 3.63) is 28.4 Å². The zero-order chi connectivity index (χ0) is 11.3. The number of aryl methyl sites for hydroxylation is 1. The second-order valence-electron chi connectivity index (χ2n) is 4.85. The standard InChI is InChI=1S/C13H15BrN2/c1-8-5-12(14)6-11-7-16(15-13(8)11)9(2)10-3-4-10/h5-7,9-10H,3-4H2,1-2H3. The van der Waals surface area contributed by atoms with E-state index in [0.29, 0.717) is 6.04 Å². The maximum Gasteiger partial charge on any atom is 0.0953 e. The van der Waals surface area contributed by atoms with E-state index in [1.165, 1.54) is 23.8 Å². The summed E-state index contributed by atoms with van der Waals surface area (Å²) in [6.07, 6.45) is 4.90. The van der Waals surface area contributed by atoms with E-state index in [-0.39, 0.29) is 0 Å². The lowest BCUT2D eigenvalue weighted by Gasteiger charge is -2.09. The molecule has 1 saturated carbocycles. The first-order chi connectivity index (χ1) is 7.65.